The molecule has 0 unspecified atom stereocenters. The van der Waals surface area contributed by atoms with Gasteiger partial charge in [-0.2, -0.15) is 0 Å². The van der Waals surface area contributed by atoms with Gasteiger partial charge in [-0.15, -0.1) is 0 Å². The van der Waals surface area contributed by atoms with E-state index < -0.39 is 0 Å². The summed E-state index contributed by atoms with van der Waals surface area (Å²) in [6.07, 6.45) is 4.23. The van der Waals surface area contributed by atoms with E-state index in [1.165, 1.54) is 18.9 Å². The predicted molar refractivity (Wildman–Crippen MR) is 81.8 cm³/mol. The van der Waals surface area contributed by atoms with Gasteiger partial charge in [0.15, 0.2) is 0 Å². The van der Waals surface area contributed by atoms with E-state index in [1.807, 2.05) is 0 Å². The molecule has 0 saturated heterocycles. The highest BCUT2D eigenvalue weighted by atomic mass is 79.9. The van der Waals surface area contributed by atoms with Crippen molar-refractivity contribution in [3.05, 3.63) is 32.8 Å². The Morgan fingerprint density at radius 1 is 1.50 bits per heavy atom. The lowest BCUT2D eigenvalue weighted by atomic mass is 9.97. The van der Waals surface area contributed by atoms with Gasteiger partial charge in [-0.05, 0) is 49.7 Å². The first-order valence-electron chi connectivity index (χ1n) is 6.90. The average molecular weight is 343 g/mol. The van der Waals surface area contributed by atoms with Crippen LogP contribution in [0.4, 0.5) is 11.4 Å². The number of nitro benzene ring substituents is 1. The molecule has 0 aliphatic heterocycles. The van der Waals surface area contributed by atoms with Crippen molar-refractivity contribution in [2.75, 3.05) is 18.5 Å². The number of halogens is 1. The maximum Gasteiger partial charge on any atom is 0.292 e. The highest BCUT2D eigenvalue weighted by Crippen LogP contribution is 2.39. The topological polar surface area (TPSA) is 75.4 Å². The summed E-state index contributed by atoms with van der Waals surface area (Å²) in [7, 11) is 0. The monoisotopic (exact) mass is 342 g/mol. The summed E-state index contributed by atoms with van der Waals surface area (Å²) in [5.74, 6) is 1.20. The van der Waals surface area contributed by atoms with Crippen LogP contribution in [0.5, 0.6) is 0 Å². The Morgan fingerprint density at radius 3 is 2.85 bits per heavy atom. The fourth-order valence-corrected chi connectivity index (χ4v) is 2.84. The van der Waals surface area contributed by atoms with Crippen LogP contribution in [0.15, 0.2) is 22.7 Å². The van der Waals surface area contributed by atoms with E-state index in [9.17, 15) is 10.1 Å². The third-order valence-corrected chi connectivity index (χ3v) is 4.22. The summed E-state index contributed by atoms with van der Waals surface area (Å²) in [6, 6.07) is 4.92. The van der Waals surface area contributed by atoms with Crippen LogP contribution in [0.2, 0.25) is 0 Å². The second-order valence-electron chi connectivity index (χ2n) is 5.26. The first kappa shape index (κ1) is 15.3. The van der Waals surface area contributed by atoms with Crippen LogP contribution in [-0.2, 0) is 0 Å². The molecule has 5 nitrogen and oxygen atoms in total. The number of hydrogen-bond acceptors (Lipinski definition) is 4. The Bertz CT molecular complexity index is 477. The van der Waals surface area contributed by atoms with Gasteiger partial charge < -0.3 is 10.4 Å². The summed E-state index contributed by atoms with van der Waals surface area (Å²) >= 11 is 3.34. The van der Waals surface area contributed by atoms with Crippen LogP contribution in [0.3, 0.4) is 0 Å². The van der Waals surface area contributed by atoms with Crippen molar-refractivity contribution in [2.24, 2.45) is 11.8 Å². The normalized spacial score (nSPS) is 15.9. The van der Waals surface area contributed by atoms with Crippen LogP contribution in [0.25, 0.3) is 0 Å². The van der Waals surface area contributed by atoms with Crippen LogP contribution in [0.1, 0.15) is 25.7 Å². The zero-order valence-corrected chi connectivity index (χ0v) is 12.8. The van der Waals surface area contributed by atoms with E-state index in [4.69, 9.17) is 5.11 Å². The molecule has 1 aliphatic rings. The zero-order valence-electron chi connectivity index (χ0n) is 11.2. The first-order chi connectivity index (χ1) is 9.61. The molecule has 0 aromatic heterocycles. The third-order valence-electron chi connectivity index (χ3n) is 3.73. The summed E-state index contributed by atoms with van der Waals surface area (Å²) in [5, 5.41) is 23.2. The molecule has 2 N–H and O–H groups in total. The van der Waals surface area contributed by atoms with Crippen molar-refractivity contribution in [2.45, 2.75) is 25.7 Å². The molecular weight excluding hydrogens is 324 g/mol. The highest BCUT2D eigenvalue weighted by molar-refractivity contribution is 9.10. The van der Waals surface area contributed by atoms with Gasteiger partial charge in [0, 0.05) is 23.7 Å². The van der Waals surface area contributed by atoms with Crippen LogP contribution in [-0.4, -0.2) is 23.2 Å². The molecule has 1 fully saturated rings. The van der Waals surface area contributed by atoms with E-state index in [-0.39, 0.29) is 17.2 Å². The number of nitrogens with zero attached hydrogens (tertiary/aromatic N) is 1. The highest BCUT2D eigenvalue weighted by Gasteiger charge is 2.30. The van der Waals surface area contributed by atoms with E-state index in [0.29, 0.717) is 17.5 Å². The molecule has 1 saturated carbocycles. The van der Waals surface area contributed by atoms with Gasteiger partial charge in [-0.3, -0.25) is 10.1 Å². The van der Waals surface area contributed by atoms with Crippen molar-refractivity contribution in [1.29, 1.82) is 0 Å². The summed E-state index contributed by atoms with van der Waals surface area (Å²) in [4.78, 5) is 10.6. The fourth-order valence-electron chi connectivity index (χ4n) is 2.48. The maximum absolute atomic E-state index is 11.0. The predicted octanol–water partition coefficient (Wildman–Crippen LogP) is 3.57. The molecule has 0 amide bonds. The minimum Gasteiger partial charge on any atom is -0.396 e. The van der Waals surface area contributed by atoms with Gasteiger partial charge >= 0.3 is 0 Å². The molecule has 2 rings (SSSR count). The van der Waals surface area contributed by atoms with E-state index in [1.54, 1.807) is 12.1 Å². The minimum atomic E-state index is -0.366. The van der Waals surface area contributed by atoms with Gasteiger partial charge in [0.2, 0.25) is 0 Å². The van der Waals surface area contributed by atoms with Gasteiger partial charge in [0.05, 0.1) is 4.92 Å². The molecular formula is C14H19BrN2O3. The molecule has 0 bridgehead atoms. The summed E-state index contributed by atoms with van der Waals surface area (Å²) in [5.41, 5.74) is 0.656. The number of aliphatic hydroxyl groups excluding tert-OH is 1. The van der Waals surface area contributed by atoms with Gasteiger partial charge in [-0.1, -0.05) is 15.9 Å². The van der Waals surface area contributed by atoms with Gasteiger partial charge in [0.1, 0.15) is 5.69 Å². The number of nitro groups is 1. The minimum absolute atomic E-state index is 0.102. The van der Waals surface area contributed by atoms with Crippen molar-refractivity contribution in [3.63, 3.8) is 0 Å². The maximum atomic E-state index is 11.0. The molecule has 1 atom stereocenters. The van der Waals surface area contributed by atoms with Gasteiger partial charge in [0.25, 0.3) is 5.69 Å². The second kappa shape index (κ2) is 7.04. The molecule has 0 radical (unpaired) electrons. The van der Waals surface area contributed by atoms with Crippen LogP contribution in [0, 0.1) is 22.0 Å². The Labute approximate surface area is 126 Å². The average Bonchev–Trinajstić information content (AvgIpc) is 3.23. The molecule has 0 spiro atoms. The van der Waals surface area contributed by atoms with Crippen molar-refractivity contribution in [3.8, 4) is 0 Å². The molecule has 1 aromatic rings. The smallest absolute Gasteiger partial charge is 0.292 e. The molecule has 20 heavy (non-hydrogen) atoms. The third kappa shape index (κ3) is 4.18. The Hall–Kier alpha value is -1.14. The van der Waals surface area contributed by atoms with Crippen molar-refractivity contribution in [1.82, 2.24) is 0 Å². The molecule has 110 valence electrons. The Balaban J connectivity index is 2.01. The lowest BCUT2D eigenvalue weighted by Crippen LogP contribution is -2.17. The van der Waals surface area contributed by atoms with Crippen LogP contribution >= 0.6 is 15.9 Å². The second-order valence-corrected chi connectivity index (χ2v) is 6.18. The fraction of sp³-hybridized carbons (Fsp3) is 0.571. The molecule has 0 heterocycles. The SMILES string of the molecule is O=[N+]([O-])c1ccc(Br)cc1NC[C@@H](CCCO)C1CC1. The Morgan fingerprint density at radius 2 is 2.25 bits per heavy atom. The van der Waals surface area contributed by atoms with E-state index in [2.05, 4.69) is 21.2 Å². The lowest BCUT2D eigenvalue weighted by Gasteiger charge is -2.17. The molecule has 6 heteroatoms. The number of hydrogen-bond donors (Lipinski definition) is 2. The number of nitrogens with one attached hydrogen (secondary N) is 1. The number of rotatable bonds is 8. The summed E-state index contributed by atoms with van der Waals surface area (Å²) < 4.78 is 0.823. The number of aliphatic hydroxyl groups is 1. The summed E-state index contributed by atoms with van der Waals surface area (Å²) in [6.45, 7) is 0.933. The Kier molecular flexibility index (Phi) is 5.37. The van der Waals surface area contributed by atoms with E-state index in [0.717, 1.165) is 23.9 Å². The first-order valence-corrected chi connectivity index (χ1v) is 7.69. The quantitative estimate of drug-likeness (QED) is 0.559. The largest absolute Gasteiger partial charge is 0.396 e. The number of anilines is 1. The van der Waals surface area contributed by atoms with E-state index >= 15 is 0 Å². The zero-order chi connectivity index (χ0) is 14.5. The molecule has 1 aromatic carbocycles. The van der Waals surface area contributed by atoms with Crippen LogP contribution < -0.4 is 5.32 Å². The number of benzene rings is 1. The standard InChI is InChI=1S/C14H19BrN2O3/c15-12-5-6-14(17(19)20)13(8-12)16-9-11(2-1-7-18)10-3-4-10/h5-6,8,10-11,16,18H,1-4,7,9H2/t11-/m1/s1. The van der Waals surface area contributed by atoms with Gasteiger partial charge in [-0.25, -0.2) is 0 Å². The lowest BCUT2D eigenvalue weighted by molar-refractivity contribution is -0.384. The van der Waals surface area contributed by atoms with Crippen molar-refractivity contribution >= 4 is 27.3 Å². The van der Waals surface area contributed by atoms with Crippen molar-refractivity contribution < 1.29 is 10.0 Å². The molecule has 1 aliphatic carbocycles.